The zero-order valence-corrected chi connectivity index (χ0v) is 9.59. The van der Waals surface area contributed by atoms with Crippen molar-refractivity contribution >= 4 is 12.2 Å². The number of carbonyl (C=O) groups is 2. The van der Waals surface area contributed by atoms with E-state index in [2.05, 4.69) is 5.32 Å². The van der Waals surface area contributed by atoms with E-state index in [-0.39, 0.29) is 18.4 Å². The molecule has 1 amide bonds. The lowest BCUT2D eigenvalue weighted by atomic mass is 9.84. The normalized spacial score (nSPS) is 11.1. The Morgan fingerprint density at radius 3 is 2.65 bits per heavy atom. The molecule has 0 heterocycles. The highest BCUT2D eigenvalue weighted by molar-refractivity contribution is 6.23. The van der Waals surface area contributed by atoms with Gasteiger partial charge in [0.25, 0.3) is 5.91 Å². The van der Waals surface area contributed by atoms with Gasteiger partial charge in [-0.2, -0.15) is 0 Å². The second kappa shape index (κ2) is 5.03. The molecule has 0 spiro atoms. The number of nitrogens with one attached hydrogen (secondary N) is 1. The topological polar surface area (TPSA) is 46.2 Å². The smallest absolute Gasteiger partial charge is 0.284 e. The van der Waals surface area contributed by atoms with E-state index in [9.17, 15) is 18.4 Å². The first kappa shape index (κ1) is 13.3. The van der Waals surface area contributed by atoms with E-state index in [0.29, 0.717) is 0 Å². The molecular formula is C12H13F2NO2. The van der Waals surface area contributed by atoms with Gasteiger partial charge in [-0.25, -0.2) is 8.78 Å². The Labute approximate surface area is 97.8 Å². The van der Waals surface area contributed by atoms with Crippen LogP contribution in [0.2, 0.25) is 0 Å². The van der Waals surface area contributed by atoms with Crippen LogP contribution in [0.25, 0.3) is 0 Å². The maximum Gasteiger partial charge on any atom is 0.284 e. The minimum atomic E-state index is -0.801. The lowest BCUT2D eigenvalue weighted by molar-refractivity contribution is -0.131. The van der Waals surface area contributed by atoms with Crippen LogP contribution in [0.15, 0.2) is 18.2 Å². The number of hydrogen-bond acceptors (Lipinski definition) is 2. The molecule has 1 aromatic carbocycles. The molecule has 0 aliphatic rings. The number of carbonyl (C=O) groups excluding carboxylic acids is 2. The second-order valence-corrected chi connectivity index (χ2v) is 4.34. The molecule has 0 aromatic heterocycles. The zero-order valence-electron chi connectivity index (χ0n) is 9.59. The summed E-state index contributed by atoms with van der Waals surface area (Å²) in [5.74, 6) is -1.87. The van der Waals surface area contributed by atoms with Crippen molar-refractivity contribution in [3.05, 3.63) is 35.4 Å². The number of hydrogen-bond donors (Lipinski definition) is 1. The number of aldehydes is 1. The number of benzene rings is 1. The zero-order chi connectivity index (χ0) is 13.1. The molecular weight excluding hydrogens is 228 g/mol. The van der Waals surface area contributed by atoms with E-state index in [1.54, 1.807) is 13.8 Å². The third kappa shape index (κ3) is 3.34. The Bertz CT molecular complexity index is 444. The summed E-state index contributed by atoms with van der Waals surface area (Å²) in [5.41, 5.74) is -0.645. The molecule has 1 aromatic rings. The quantitative estimate of drug-likeness (QED) is 0.642. The van der Waals surface area contributed by atoms with Crippen LogP contribution in [0.1, 0.15) is 19.4 Å². The molecule has 0 aliphatic heterocycles. The van der Waals surface area contributed by atoms with Gasteiger partial charge in [0, 0.05) is 12.0 Å². The summed E-state index contributed by atoms with van der Waals surface area (Å²) >= 11 is 0. The minimum Gasteiger partial charge on any atom is -0.349 e. The van der Waals surface area contributed by atoms with Gasteiger partial charge in [0.2, 0.25) is 6.29 Å². The Morgan fingerprint density at radius 2 is 2.06 bits per heavy atom. The van der Waals surface area contributed by atoms with Crippen LogP contribution < -0.4 is 5.32 Å². The fraction of sp³-hybridized carbons (Fsp3) is 0.333. The van der Waals surface area contributed by atoms with Crippen molar-refractivity contribution in [2.75, 3.05) is 6.54 Å². The fourth-order valence-corrected chi connectivity index (χ4v) is 1.46. The van der Waals surface area contributed by atoms with E-state index >= 15 is 0 Å². The van der Waals surface area contributed by atoms with Gasteiger partial charge >= 0.3 is 0 Å². The van der Waals surface area contributed by atoms with Crippen molar-refractivity contribution in [2.24, 2.45) is 0 Å². The highest BCUT2D eigenvalue weighted by Gasteiger charge is 2.25. The standard InChI is InChI=1S/C12H13F2NO2/c1-12(2,7-15-11(17)6-16)9-5-8(13)3-4-10(9)14/h3-6H,7H2,1-2H3,(H,15,17). The lowest BCUT2D eigenvalue weighted by Gasteiger charge is -2.25. The number of halogens is 2. The Kier molecular flexibility index (Phi) is 3.93. The highest BCUT2D eigenvalue weighted by Crippen LogP contribution is 2.25. The summed E-state index contributed by atoms with van der Waals surface area (Å²) in [4.78, 5) is 20.9. The third-order valence-corrected chi connectivity index (χ3v) is 2.47. The van der Waals surface area contributed by atoms with Gasteiger partial charge in [-0.05, 0) is 23.8 Å². The Morgan fingerprint density at radius 1 is 1.41 bits per heavy atom. The van der Waals surface area contributed by atoms with Crippen molar-refractivity contribution in [3.63, 3.8) is 0 Å². The lowest BCUT2D eigenvalue weighted by Crippen LogP contribution is -2.37. The van der Waals surface area contributed by atoms with Gasteiger partial charge in [-0.1, -0.05) is 13.8 Å². The molecule has 3 nitrogen and oxygen atoms in total. The first-order chi connectivity index (χ1) is 7.86. The van der Waals surface area contributed by atoms with Crippen LogP contribution in [0, 0.1) is 11.6 Å². The maximum atomic E-state index is 13.5. The van der Waals surface area contributed by atoms with Gasteiger partial charge in [0.1, 0.15) is 11.6 Å². The average Bonchev–Trinajstić information content (AvgIpc) is 2.29. The molecule has 0 radical (unpaired) electrons. The van der Waals surface area contributed by atoms with Crippen LogP contribution >= 0.6 is 0 Å². The first-order valence-electron chi connectivity index (χ1n) is 5.05. The molecule has 0 bridgehead atoms. The molecule has 0 aliphatic carbocycles. The molecule has 0 fully saturated rings. The average molecular weight is 241 g/mol. The SMILES string of the molecule is CC(C)(CNC(=O)C=O)c1cc(F)ccc1F. The molecule has 92 valence electrons. The molecule has 17 heavy (non-hydrogen) atoms. The van der Waals surface area contributed by atoms with E-state index in [0.717, 1.165) is 18.2 Å². The molecule has 0 unspecified atom stereocenters. The molecule has 0 saturated carbocycles. The third-order valence-electron chi connectivity index (χ3n) is 2.47. The van der Waals surface area contributed by atoms with Crippen LogP contribution in [0.5, 0.6) is 0 Å². The van der Waals surface area contributed by atoms with E-state index in [1.807, 2.05) is 0 Å². The van der Waals surface area contributed by atoms with Gasteiger partial charge in [0.15, 0.2) is 0 Å². The maximum absolute atomic E-state index is 13.5. The van der Waals surface area contributed by atoms with Crippen LogP contribution in [0.3, 0.4) is 0 Å². The van der Waals surface area contributed by atoms with Crippen LogP contribution in [0.4, 0.5) is 8.78 Å². The summed E-state index contributed by atoms with van der Waals surface area (Å²) in [6.45, 7) is 3.34. The Hall–Kier alpha value is -1.78. The second-order valence-electron chi connectivity index (χ2n) is 4.34. The van der Waals surface area contributed by atoms with Crippen molar-refractivity contribution in [2.45, 2.75) is 19.3 Å². The number of amides is 1. The van der Waals surface area contributed by atoms with Gasteiger partial charge in [-0.15, -0.1) is 0 Å². The molecule has 1 N–H and O–H groups in total. The highest BCUT2D eigenvalue weighted by atomic mass is 19.1. The summed E-state index contributed by atoms with van der Waals surface area (Å²) in [6.07, 6.45) is 0.137. The largest absolute Gasteiger partial charge is 0.349 e. The summed E-state index contributed by atoms with van der Waals surface area (Å²) < 4.78 is 26.6. The fourth-order valence-electron chi connectivity index (χ4n) is 1.46. The van der Waals surface area contributed by atoms with Crippen molar-refractivity contribution in [1.82, 2.24) is 5.32 Å². The van der Waals surface area contributed by atoms with Gasteiger partial charge < -0.3 is 5.32 Å². The monoisotopic (exact) mass is 241 g/mol. The summed E-state index contributed by atoms with van der Waals surface area (Å²) in [6, 6.07) is 3.15. The summed E-state index contributed by atoms with van der Waals surface area (Å²) in [5, 5.41) is 2.32. The summed E-state index contributed by atoms with van der Waals surface area (Å²) in [7, 11) is 0. The van der Waals surface area contributed by atoms with Gasteiger partial charge in [-0.3, -0.25) is 9.59 Å². The van der Waals surface area contributed by atoms with Crippen LogP contribution in [-0.4, -0.2) is 18.7 Å². The molecule has 0 saturated heterocycles. The van der Waals surface area contributed by atoms with Gasteiger partial charge in [0.05, 0.1) is 0 Å². The van der Waals surface area contributed by atoms with Crippen molar-refractivity contribution in [3.8, 4) is 0 Å². The predicted octanol–water partition coefficient (Wildman–Crippen LogP) is 1.56. The first-order valence-corrected chi connectivity index (χ1v) is 5.05. The number of rotatable bonds is 4. The minimum absolute atomic E-state index is 0.0466. The Balaban J connectivity index is 2.91. The van der Waals surface area contributed by atoms with E-state index < -0.39 is 23.0 Å². The van der Waals surface area contributed by atoms with Crippen molar-refractivity contribution in [1.29, 1.82) is 0 Å². The molecule has 5 heteroatoms. The van der Waals surface area contributed by atoms with E-state index in [4.69, 9.17) is 0 Å². The molecule has 1 rings (SSSR count). The van der Waals surface area contributed by atoms with Crippen molar-refractivity contribution < 1.29 is 18.4 Å². The predicted molar refractivity (Wildman–Crippen MR) is 58.5 cm³/mol. The van der Waals surface area contributed by atoms with Crippen LogP contribution in [-0.2, 0) is 15.0 Å². The molecule has 0 atom stereocenters. The van der Waals surface area contributed by atoms with E-state index in [1.165, 1.54) is 0 Å².